The molecule has 1 saturated heterocycles. The lowest BCUT2D eigenvalue weighted by Gasteiger charge is -2.37. The summed E-state index contributed by atoms with van der Waals surface area (Å²) in [5.74, 6) is 0.390. The highest BCUT2D eigenvalue weighted by Crippen LogP contribution is 2.30. The maximum Gasteiger partial charge on any atom is 0.0741 e. The molecule has 16 heavy (non-hydrogen) atoms. The molecule has 0 saturated carbocycles. The van der Waals surface area contributed by atoms with Gasteiger partial charge in [-0.15, -0.1) is 0 Å². The lowest BCUT2D eigenvalue weighted by molar-refractivity contribution is 0.103. The Kier molecular flexibility index (Phi) is 3.06. The van der Waals surface area contributed by atoms with E-state index in [1.807, 2.05) is 12.1 Å². The van der Waals surface area contributed by atoms with Crippen LogP contribution in [0.15, 0.2) is 18.2 Å². The number of hydrogen-bond acceptors (Lipinski definition) is 3. The molecule has 0 aliphatic carbocycles. The highest BCUT2D eigenvalue weighted by Gasteiger charge is 2.25. The maximum absolute atomic E-state index is 9.91. The number of rotatable bonds is 1. The molecule has 3 heteroatoms. The van der Waals surface area contributed by atoms with Crippen molar-refractivity contribution in [3.63, 3.8) is 0 Å². The molecule has 1 aliphatic rings. The number of nitrogens with zero attached hydrogens (tertiary/aromatic N) is 1. The van der Waals surface area contributed by atoms with E-state index >= 15 is 0 Å². The predicted molar refractivity (Wildman–Crippen MR) is 67.6 cm³/mol. The summed E-state index contributed by atoms with van der Waals surface area (Å²) >= 11 is 0. The van der Waals surface area contributed by atoms with E-state index in [4.69, 9.17) is 5.73 Å². The third kappa shape index (κ3) is 2.00. The number of piperidine rings is 1. The van der Waals surface area contributed by atoms with Gasteiger partial charge in [0.1, 0.15) is 0 Å². The molecule has 2 unspecified atom stereocenters. The molecule has 0 amide bonds. The second-order valence-electron chi connectivity index (χ2n) is 4.79. The Hall–Kier alpha value is -1.22. The molecule has 0 aromatic heterocycles. The van der Waals surface area contributed by atoms with Crippen molar-refractivity contribution < 1.29 is 5.11 Å². The van der Waals surface area contributed by atoms with Gasteiger partial charge in [0.05, 0.1) is 17.5 Å². The molecule has 1 aliphatic heterocycles. The molecule has 0 radical (unpaired) electrons. The molecule has 1 aromatic rings. The van der Waals surface area contributed by atoms with Gasteiger partial charge in [-0.3, -0.25) is 0 Å². The Morgan fingerprint density at radius 1 is 1.44 bits per heavy atom. The minimum atomic E-state index is -0.243. The number of aliphatic hydroxyl groups excluding tert-OH is 1. The number of para-hydroxylation sites is 1. The summed E-state index contributed by atoms with van der Waals surface area (Å²) in [7, 11) is 0. The quantitative estimate of drug-likeness (QED) is 0.709. The van der Waals surface area contributed by atoms with Crippen LogP contribution in [-0.4, -0.2) is 24.3 Å². The number of benzene rings is 1. The van der Waals surface area contributed by atoms with Crippen LogP contribution in [0.1, 0.15) is 18.9 Å². The second-order valence-corrected chi connectivity index (χ2v) is 4.79. The summed E-state index contributed by atoms with van der Waals surface area (Å²) in [5, 5.41) is 9.91. The minimum absolute atomic E-state index is 0.243. The van der Waals surface area contributed by atoms with Crippen molar-refractivity contribution >= 4 is 11.4 Å². The van der Waals surface area contributed by atoms with Gasteiger partial charge in [0.15, 0.2) is 0 Å². The predicted octanol–water partition coefficient (Wildman–Crippen LogP) is 1.78. The van der Waals surface area contributed by atoms with Crippen LogP contribution in [-0.2, 0) is 0 Å². The molecule has 3 N–H and O–H groups in total. The zero-order valence-electron chi connectivity index (χ0n) is 9.98. The fourth-order valence-corrected chi connectivity index (χ4v) is 2.37. The van der Waals surface area contributed by atoms with E-state index in [1.54, 1.807) is 0 Å². The molecule has 0 spiro atoms. The number of nitrogens with two attached hydrogens (primary N) is 1. The first-order valence-electron chi connectivity index (χ1n) is 5.87. The van der Waals surface area contributed by atoms with Crippen LogP contribution in [0.4, 0.5) is 11.4 Å². The van der Waals surface area contributed by atoms with E-state index < -0.39 is 0 Å². The van der Waals surface area contributed by atoms with Gasteiger partial charge in [0.2, 0.25) is 0 Å². The Morgan fingerprint density at radius 3 is 2.81 bits per heavy atom. The maximum atomic E-state index is 9.91. The smallest absolute Gasteiger partial charge is 0.0741 e. The van der Waals surface area contributed by atoms with Crippen molar-refractivity contribution in [3.05, 3.63) is 23.8 Å². The second kappa shape index (κ2) is 4.34. The number of aryl methyl sites for hydroxylation is 1. The van der Waals surface area contributed by atoms with E-state index in [2.05, 4.69) is 24.8 Å². The topological polar surface area (TPSA) is 49.5 Å². The van der Waals surface area contributed by atoms with Crippen LogP contribution < -0.4 is 10.6 Å². The van der Waals surface area contributed by atoms with Gasteiger partial charge in [0, 0.05) is 13.1 Å². The van der Waals surface area contributed by atoms with Crippen LogP contribution >= 0.6 is 0 Å². The average molecular weight is 220 g/mol. The fraction of sp³-hybridized carbons (Fsp3) is 0.538. The Labute approximate surface area is 96.9 Å². The van der Waals surface area contributed by atoms with Gasteiger partial charge < -0.3 is 15.7 Å². The number of nitrogen functional groups attached to an aromatic ring is 1. The van der Waals surface area contributed by atoms with Crippen LogP contribution in [0.5, 0.6) is 0 Å². The fourth-order valence-electron chi connectivity index (χ4n) is 2.37. The third-order valence-corrected chi connectivity index (χ3v) is 3.50. The Bertz CT molecular complexity index is 358. The van der Waals surface area contributed by atoms with Crippen LogP contribution in [0.25, 0.3) is 0 Å². The normalized spacial score (nSPS) is 25.8. The van der Waals surface area contributed by atoms with Crippen molar-refractivity contribution in [1.82, 2.24) is 0 Å². The lowest BCUT2D eigenvalue weighted by Crippen LogP contribution is -2.43. The van der Waals surface area contributed by atoms with Crippen molar-refractivity contribution in [2.75, 3.05) is 23.7 Å². The zero-order valence-corrected chi connectivity index (χ0v) is 9.98. The number of β-amino-alcohol motifs (C(OH)–C–C–N with tert-alkyl or cyclic N) is 1. The van der Waals surface area contributed by atoms with E-state index in [0.29, 0.717) is 12.5 Å². The van der Waals surface area contributed by atoms with Gasteiger partial charge in [-0.2, -0.15) is 0 Å². The largest absolute Gasteiger partial charge is 0.397 e. The lowest BCUT2D eigenvalue weighted by atomic mass is 9.95. The molecular formula is C13H20N2O. The van der Waals surface area contributed by atoms with E-state index in [1.165, 1.54) is 5.56 Å². The van der Waals surface area contributed by atoms with Gasteiger partial charge in [-0.1, -0.05) is 19.1 Å². The standard InChI is InChI=1S/C13H20N2O/c1-9-6-7-15(8-12(9)16)13-10(2)4-3-5-11(13)14/h3-5,9,12,16H,6-8,14H2,1-2H3. The van der Waals surface area contributed by atoms with Gasteiger partial charge >= 0.3 is 0 Å². The summed E-state index contributed by atoms with van der Waals surface area (Å²) in [6, 6.07) is 5.96. The van der Waals surface area contributed by atoms with Crippen molar-refractivity contribution in [3.8, 4) is 0 Å². The average Bonchev–Trinajstić information content (AvgIpc) is 2.23. The number of aliphatic hydroxyl groups is 1. The summed E-state index contributed by atoms with van der Waals surface area (Å²) in [5.41, 5.74) is 9.09. The molecule has 88 valence electrons. The van der Waals surface area contributed by atoms with E-state index in [0.717, 1.165) is 24.3 Å². The third-order valence-electron chi connectivity index (χ3n) is 3.50. The molecule has 0 bridgehead atoms. The van der Waals surface area contributed by atoms with Crippen LogP contribution in [0.2, 0.25) is 0 Å². The van der Waals surface area contributed by atoms with Crippen molar-refractivity contribution in [2.24, 2.45) is 5.92 Å². The first kappa shape index (κ1) is 11.3. The molecule has 1 fully saturated rings. The molecule has 1 aromatic carbocycles. The first-order chi connectivity index (χ1) is 7.59. The number of anilines is 2. The monoisotopic (exact) mass is 220 g/mol. The summed E-state index contributed by atoms with van der Waals surface area (Å²) in [6.07, 6.45) is 0.780. The highest BCUT2D eigenvalue weighted by molar-refractivity contribution is 5.71. The summed E-state index contributed by atoms with van der Waals surface area (Å²) in [4.78, 5) is 2.20. The van der Waals surface area contributed by atoms with Gasteiger partial charge in [0.25, 0.3) is 0 Å². The van der Waals surface area contributed by atoms with Crippen molar-refractivity contribution in [1.29, 1.82) is 0 Å². The molecule has 2 rings (SSSR count). The minimum Gasteiger partial charge on any atom is -0.397 e. The molecule has 2 atom stereocenters. The highest BCUT2D eigenvalue weighted by atomic mass is 16.3. The summed E-state index contributed by atoms with van der Waals surface area (Å²) in [6.45, 7) is 5.84. The van der Waals surface area contributed by atoms with Gasteiger partial charge in [-0.25, -0.2) is 0 Å². The van der Waals surface area contributed by atoms with Crippen LogP contribution in [0, 0.1) is 12.8 Å². The summed E-state index contributed by atoms with van der Waals surface area (Å²) < 4.78 is 0. The van der Waals surface area contributed by atoms with Crippen LogP contribution in [0.3, 0.4) is 0 Å². The first-order valence-corrected chi connectivity index (χ1v) is 5.87. The number of hydrogen-bond donors (Lipinski definition) is 2. The van der Waals surface area contributed by atoms with Gasteiger partial charge in [-0.05, 0) is 30.9 Å². The Balaban J connectivity index is 2.25. The zero-order chi connectivity index (χ0) is 11.7. The molecule has 1 heterocycles. The molecule has 3 nitrogen and oxygen atoms in total. The SMILES string of the molecule is Cc1cccc(N)c1N1CCC(C)C(O)C1. The van der Waals surface area contributed by atoms with Crippen molar-refractivity contribution in [2.45, 2.75) is 26.4 Å². The van der Waals surface area contributed by atoms with E-state index in [9.17, 15) is 5.11 Å². The Morgan fingerprint density at radius 2 is 2.19 bits per heavy atom. The van der Waals surface area contributed by atoms with E-state index in [-0.39, 0.29) is 6.10 Å². The molecular weight excluding hydrogens is 200 g/mol.